The fraction of sp³-hybridized carbons (Fsp3) is 0.429. The van der Waals surface area contributed by atoms with Crippen molar-refractivity contribution in [2.45, 2.75) is 32.7 Å². The molecule has 1 amide bonds. The molecule has 4 nitrogen and oxygen atoms in total. The molecule has 2 heterocycles. The SMILES string of the molecule is CCC(C)(CO)NC(=O)c1sc(-c2ccsc2)nc1C. The van der Waals surface area contributed by atoms with Gasteiger partial charge in [-0.15, -0.1) is 11.3 Å². The van der Waals surface area contributed by atoms with Crippen LogP contribution < -0.4 is 5.32 Å². The highest BCUT2D eigenvalue weighted by molar-refractivity contribution is 7.17. The highest BCUT2D eigenvalue weighted by Crippen LogP contribution is 2.29. The maximum Gasteiger partial charge on any atom is 0.263 e. The molecule has 0 bridgehead atoms. The van der Waals surface area contributed by atoms with Crippen molar-refractivity contribution in [3.8, 4) is 10.6 Å². The van der Waals surface area contributed by atoms with Crippen LogP contribution >= 0.6 is 22.7 Å². The Morgan fingerprint density at radius 3 is 2.85 bits per heavy atom. The summed E-state index contributed by atoms with van der Waals surface area (Å²) in [5.74, 6) is -0.167. The Kier molecular flexibility index (Phi) is 4.57. The van der Waals surface area contributed by atoms with E-state index in [4.69, 9.17) is 0 Å². The highest BCUT2D eigenvalue weighted by Gasteiger charge is 2.26. The lowest BCUT2D eigenvalue weighted by molar-refractivity contribution is 0.0851. The molecule has 2 N–H and O–H groups in total. The van der Waals surface area contributed by atoms with Gasteiger partial charge in [0.1, 0.15) is 9.88 Å². The minimum absolute atomic E-state index is 0.0789. The van der Waals surface area contributed by atoms with Gasteiger partial charge in [0.2, 0.25) is 0 Å². The average Bonchev–Trinajstić information content (AvgIpc) is 3.07. The van der Waals surface area contributed by atoms with Gasteiger partial charge in [-0.2, -0.15) is 11.3 Å². The third-order valence-electron chi connectivity index (χ3n) is 3.32. The molecule has 0 saturated carbocycles. The zero-order valence-electron chi connectivity index (χ0n) is 11.8. The van der Waals surface area contributed by atoms with Crippen molar-refractivity contribution in [3.63, 3.8) is 0 Å². The van der Waals surface area contributed by atoms with Crippen molar-refractivity contribution in [3.05, 3.63) is 27.4 Å². The summed E-state index contributed by atoms with van der Waals surface area (Å²) in [6.07, 6.45) is 0.671. The van der Waals surface area contributed by atoms with E-state index in [-0.39, 0.29) is 12.5 Å². The normalized spacial score (nSPS) is 14.0. The van der Waals surface area contributed by atoms with Crippen molar-refractivity contribution in [2.24, 2.45) is 0 Å². The van der Waals surface area contributed by atoms with Crippen LogP contribution in [0.2, 0.25) is 0 Å². The summed E-state index contributed by atoms with van der Waals surface area (Å²) in [5.41, 5.74) is 1.18. The van der Waals surface area contributed by atoms with Crippen LogP contribution in [0.1, 0.15) is 35.6 Å². The molecule has 2 aromatic rings. The van der Waals surface area contributed by atoms with Crippen molar-refractivity contribution >= 4 is 28.6 Å². The van der Waals surface area contributed by atoms with Gasteiger partial charge in [0, 0.05) is 10.9 Å². The van der Waals surface area contributed by atoms with Crippen LogP contribution in [0.5, 0.6) is 0 Å². The summed E-state index contributed by atoms with van der Waals surface area (Å²) in [6.45, 7) is 5.53. The molecule has 6 heteroatoms. The highest BCUT2D eigenvalue weighted by atomic mass is 32.1. The number of aliphatic hydroxyl groups is 1. The number of carbonyl (C=O) groups excluding carboxylic acids is 1. The largest absolute Gasteiger partial charge is 0.394 e. The molecule has 0 aliphatic rings. The van der Waals surface area contributed by atoms with Gasteiger partial charge in [-0.1, -0.05) is 6.92 Å². The number of aryl methyl sites for hydroxylation is 1. The van der Waals surface area contributed by atoms with Crippen LogP contribution in [-0.2, 0) is 0 Å². The fourth-order valence-corrected chi connectivity index (χ4v) is 3.36. The van der Waals surface area contributed by atoms with Crippen molar-refractivity contribution < 1.29 is 9.90 Å². The van der Waals surface area contributed by atoms with Gasteiger partial charge in [-0.05, 0) is 31.7 Å². The van der Waals surface area contributed by atoms with Gasteiger partial charge >= 0.3 is 0 Å². The fourth-order valence-electron chi connectivity index (χ4n) is 1.69. The van der Waals surface area contributed by atoms with Crippen molar-refractivity contribution in [2.75, 3.05) is 6.61 Å². The number of nitrogens with one attached hydrogen (secondary N) is 1. The minimum atomic E-state index is -0.587. The predicted molar refractivity (Wildman–Crippen MR) is 83.4 cm³/mol. The molecular weight excluding hydrogens is 292 g/mol. The van der Waals surface area contributed by atoms with E-state index in [0.29, 0.717) is 11.3 Å². The first kappa shape index (κ1) is 15.2. The predicted octanol–water partition coefficient (Wildman–Crippen LogP) is 3.07. The molecule has 20 heavy (non-hydrogen) atoms. The molecule has 2 rings (SSSR count). The molecule has 0 aliphatic heterocycles. The number of thiazole rings is 1. The first-order valence-electron chi connectivity index (χ1n) is 6.42. The van der Waals surface area contributed by atoms with Gasteiger partial charge < -0.3 is 10.4 Å². The summed E-state index contributed by atoms with van der Waals surface area (Å²) in [7, 11) is 0. The monoisotopic (exact) mass is 310 g/mol. The van der Waals surface area contributed by atoms with E-state index in [1.807, 2.05) is 37.6 Å². The zero-order valence-corrected chi connectivity index (χ0v) is 13.4. The maximum atomic E-state index is 12.3. The van der Waals surface area contributed by atoms with Crippen LogP contribution in [-0.4, -0.2) is 28.1 Å². The maximum absolute atomic E-state index is 12.3. The van der Waals surface area contributed by atoms with Gasteiger partial charge in [0.05, 0.1) is 17.8 Å². The van der Waals surface area contributed by atoms with E-state index >= 15 is 0 Å². The molecule has 108 valence electrons. The van der Waals surface area contributed by atoms with Crippen LogP contribution in [0.3, 0.4) is 0 Å². The lowest BCUT2D eigenvalue weighted by Crippen LogP contribution is -2.48. The Bertz CT molecular complexity index is 586. The number of hydrogen-bond acceptors (Lipinski definition) is 5. The summed E-state index contributed by atoms with van der Waals surface area (Å²) < 4.78 is 0. The van der Waals surface area contributed by atoms with Crippen LogP contribution in [0.15, 0.2) is 16.8 Å². The van der Waals surface area contributed by atoms with Crippen molar-refractivity contribution in [1.29, 1.82) is 0 Å². The minimum Gasteiger partial charge on any atom is -0.394 e. The first-order chi connectivity index (χ1) is 9.49. The van der Waals surface area contributed by atoms with E-state index in [1.165, 1.54) is 11.3 Å². The Morgan fingerprint density at radius 2 is 2.30 bits per heavy atom. The molecule has 0 saturated heterocycles. The molecule has 0 radical (unpaired) electrons. The summed E-state index contributed by atoms with van der Waals surface area (Å²) >= 11 is 3.00. The Labute approximate surface area is 126 Å². The molecule has 1 unspecified atom stereocenters. The number of aromatic nitrogens is 1. The second-order valence-corrected chi connectivity index (χ2v) is 6.75. The van der Waals surface area contributed by atoms with E-state index in [0.717, 1.165) is 16.3 Å². The van der Waals surface area contributed by atoms with E-state index < -0.39 is 5.54 Å². The van der Waals surface area contributed by atoms with E-state index in [9.17, 15) is 9.90 Å². The lowest BCUT2D eigenvalue weighted by atomic mass is 10.0. The van der Waals surface area contributed by atoms with E-state index in [1.54, 1.807) is 11.3 Å². The third kappa shape index (κ3) is 3.08. The number of nitrogens with zero attached hydrogens (tertiary/aromatic N) is 1. The summed E-state index contributed by atoms with van der Waals surface area (Å²) in [5, 5.41) is 17.1. The Morgan fingerprint density at radius 1 is 1.55 bits per heavy atom. The van der Waals surface area contributed by atoms with Crippen molar-refractivity contribution in [1.82, 2.24) is 10.3 Å². The summed E-state index contributed by atoms with van der Waals surface area (Å²) in [4.78, 5) is 17.4. The number of rotatable bonds is 5. The quantitative estimate of drug-likeness (QED) is 0.892. The van der Waals surface area contributed by atoms with Crippen LogP contribution in [0, 0.1) is 6.92 Å². The first-order valence-corrected chi connectivity index (χ1v) is 8.18. The zero-order chi connectivity index (χ0) is 14.8. The average molecular weight is 310 g/mol. The van der Waals surface area contributed by atoms with Crippen LogP contribution in [0.4, 0.5) is 0 Å². The molecule has 0 aromatic carbocycles. The Balaban J connectivity index is 2.23. The molecular formula is C14H18N2O2S2. The molecule has 0 aliphatic carbocycles. The van der Waals surface area contributed by atoms with Gasteiger partial charge in [-0.25, -0.2) is 4.98 Å². The van der Waals surface area contributed by atoms with Crippen LogP contribution in [0.25, 0.3) is 10.6 Å². The smallest absolute Gasteiger partial charge is 0.263 e. The standard InChI is InChI=1S/C14H18N2O2S2/c1-4-14(3,8-17)16-12(18)11-9(2)15-13(20-11)10-5-6-19-7-10/h5-7,17H,4,8H2,1-3H3,(H,16,18). The van der Waals surface area contributed by atoms with Gasteiger partial charge in [-0.3, -0.25) is 4.79 Å². The molecule has 0 fully saturated rings. The number of thiophene rings is 1. The van der Waals surface area contributed by atoms with Gasteiger partial charge in [0.15, 0.2) is 0 Å². The lowest BCUT2D eigenvalue weighted by Gasteiger charge is -2.26. The van der Waals surface area contributed by atoms with E-state index in [2.05, 4.69) is 10.3 Å². The second-order valence-electron chi connectivity index (χ2n) is 4.97. The second kappa shape index (κ2) is 6.03. The molecule has 2 aromatic heterocycles. The molecule has 0 spiro atoms. The number of aliphatic hydroxyl groups excluding tert-OH is 1. The Hall–Kier alpha value is -1.24. The number of hydrogen-bond donors (Lipinski definition) is 2. The topological polar surface area (TPSA) is 62.2 Å². The molecule has 1 atom stereocenters. The van der Waals surface area contributed by atoms with Gasteiger partial charge in [0.25, 0.3) is 5.91 Å². The third-order valence-corrected chi connectivity index (χ3v) is 5.20. The summed E-state index contributed by atoms with van der Waals surface area (Å²) in [6, 6.07) is 1.99. The number of amides is 1. The number of carbonyl (C=O) groups is 1.